The molecule has 6 N–H and O–H groups in total. The summed E-state index contributed by atoms with van der Waals surface area (Å²) >= 11 is 1.11. The summed E-state index contributed by atoms with van der Waals surface area (Å²) in [6.07, 6.45) is -3.73. The van der Waals surface area contributed by atoms with Gasteiger partial charge in [0.2, 0.25) is 0 Å². The van der Waals surface area contributed by atoms with Crippen LogP contribution in [0.4, 0.5) is 13.2 Å². The van der Waals surface area contributed by atoms with Crippen LogP contribution in [0, 0.1) is 0 Å². The van der Waals surface area contributed by atoms with Crippen LogP contribution in [0.3, 0.4) is 0 Å². The molecule has 1 atom stereocenters. The molecule has 0 aliphatic heterocycles. The average molecular weight is 349 g/mol. The predicted octanol–water partition coefficient (Wildman–Crippen LogP) is 1.46. The Hall–Kier alpha value is -2.07. The van der Waals surface area contributed by atoms with E-state index in [1.165, 1.54) is 12.1 Å². The van der Waals surface area contributed by atoms with Gasteiger partial charge in [-0.15, -0.1) is 24.9 Å². The molecule has 126 valence electrons. The first-order chi connectivity index (χ1) is 10.7. The Bertz CT molecular complexity index is 649. The second-order valence-electron chi connectivity index (χ2n) is 4.82. The third kappa shape index (κ3) is 4.45. The lowest BCUT2D eigenvalue weighted by molar-refractivity contribution is -0.274. The van der Waals surface area contributed by atoms with Gasteiger partial charge < -0.3 is 21.0 Å². The van der Waals surface area contributed by atoms with E-state index in [4.69, 9.17) is 16.7 Å². The van der Waals surface area contributed by atoms with Crippen LogP contribution in [-0.4, -0.2) is 22.7 Å². The molecule has 1 aromatic rings. The minimum Gasteiger partial charge on any atom is -0.476 e. The number of fused-ring (bicyclic) bond motifs is 1. The minimum absolute atomic E-state index is 0.0181. The van der Waals surface area contributed by atoms with Crippen molar-refractivity contribution in [2.24, 2.45) is 11.6 Å². The maximum Gasteiger partial charge on any atom is 0.573 e. The summed E-state index contributed by atoms with van der Waals surface area (Å²) in [4.78, 5) is 10.9. The van der Waals surface area contributed by atoms with Crippen molar-refractivity contribution in [3.05, 3.63) is 40.1 Å². The zero-order valence-electron chi connectivity index (χ0n) is 11.7. The highest BCUT2D eigenvalue weighted by molar-refractivity contribution is 8.03. The third-order valence-corrected chi connectivity index (χ3v) is 4.33. The average Bonchev–Trinajstić information content (AvgIpc) is 2.78. The number of rotatable bonds is 5. The lowest BCUT2D eigenvalue weighted by atomic mass is 10.1. The second-order valence-corrected chi connectivity index (χ2v) is 6.16. The van der Waals surface area contributed by atoms with Crippen molar-refractivity contribution < 1.29 is 27.8 Å². The maximum atomic E-state index is 12.2. The van der Waals surface area contributed by atoms with Gasteiger partial charge in [-0.2, -0.15) is 0 Å². The van der Waals surface area contributed by atoms with E-state index in [0.717, 1.165) is 22.9 Å². The molecular formula is C13H14F3N3O3S. The number of nitrogens with one attached hydrogen (secondary N) is 1. The standard InChI is InChI=1S/C13H14F3N3O3S/c14-13(15,16)22-8-2-1-6-4-9(5-7(6)3-8)23-11(17)10(19-18)12(20)21/h1-3,9,19H,4-5,17-18H2,(H,20,21)/b11-10+. The van der Waals surface area contributed by atoms with Crippen LogP contribution in [0.2, 0.25) is 0 Å². The lowest BCUT2D eigenvalue weighted by Gasteiger charge is -2.11. The molecule has 1 aliphatic rings. The number of hydrazine groups is 1. The van der Waals surface area contributed by atoms with Crippen LogP contribution in [0.5, 0.6) is 5.75 Å². The second kappa shape index (κ2) is 6.59. The van der Waals surface area contributed by atoms with Crippen molar-refractivity contribution in [1.82, 2.24) is 5.43 Å². The van der Waals surface area contributed by atoms with Gasteiger partial charge in [0.05, 0.1) is 5.03 Å². The summed E-state index contributed by atoms with van der Waals surface area (Å²) in [6.45, 7) is 0. The molecule has 1 aromatic carbocycles. The zero-order chi connectivity index (χ0) is 17.2. The Balaban J connectivity index is 2.09. The van der Waals surface area contributed by atoms with E-state index in [9.17, 15) is 18.0 Å². The number of thioether (sulfide) groups is 1. The van der Waals surface area contributed by atoms with Gasteiger partial charge in [-0.1, -0.05) is 6.07 Å². The highest BCUT2D eigenvalue weighted by Crippen LogP contribution is 2.35. The van der Waals surface area contributed by atoms with E-state index in [2.05, 4.69) is 4.74 Å². The smallest absolute Gasteiger partial charge is 0.476 e. The monoisotopic (exact) mass is 349 g/mol. The van der Waals surface area contributed by atoms with Gasteiger partial charge in [0, 0.05) is 5.25 Å². The zero-order valence-corrected chi connectivity index (χ0v) is 12.5. The molecule has 0 fully saturated rings. The first-order valence-electron chi connectivity index (χ1n) is 6.43. The fourth-order valence-electron chi connectivity index (χ4n) is 2.31. The summed E-state index contributed by atoms with van der Waals surface area (Å²) in [5, 5.41) is 8.85. The highest BCUT2D eigenvalue weighted by atomic mass is 32.2. The number of alkyl halides is 3. The van der Waals surface area contributed by atoms with Gasteiger partial charge in [-0.05, 0) is 36.1 Å². The summed E-state index contributed by atoms with van der Waals surface area (Å²) < 4.78 is 40.6. The number of carboxylic acids is 1. The number of benzene rings is 1. The maximum absolute atomic E-state index is 12.2. The topological polar surface area (TPSA) is 111 Å². The molecule has 0 amide bonds. The number of hydrogen-bond acceptors (Lipinski definition) is 6. The van der Waals surface area contributed by atoms with Crippen LogP contribution < -0.4 is 21.7 Å². The molecule has 0 radical (unpaired) electrons. The van der Waals surface area contributed by atoms with Crippen LogP contribution in [0.1, 0.15) is 11.1 Å². The van der Waals surface area contributed by atoms with Gasteiger partial charge in [0.15, 0.2) is 5.70 Å². The molecule has 23 heavy (non-hydrogen) atoms. The molecule has 0 bridgehead atoms. The molecule has 0 heterocycles. The Morgan fingerprint density at radius 2 is 2.00 bits per heavy atom. The molecule has 2 rings (SSSR count). The van der Waals surface area contributed by atoms with Crippen LogP contribution in [0.15, 0.2) is 28.9 Å². The summed E-state index contributed by atoms with van der Waals surface area (Å²) in [5.74, 6) is 3.55. The fourth-order valence-corrected chi connectivity index (χ4v) is 3.46. The Morgan fingerprint density at radius 3 is 2.57 bits per heavy atom. The Morgan fingerprint density at radius 1 is 1.35 bits per heavy atom. The van der Waals surface area contributed by atoms with Crippen molar-refractivity contribution in [2.45, 2.75) is 24.5 Å². The molecule has 10 heteroatoms. The van der Waals surface area contributed by atoms with Gasteiger partial charge in [-0.25, -0.2) is 4.79 Å². The van der Waals surface area contributed by atoms with Crippen molar-refractivity contribution in [3.63, 3.8) is 0 Å². The summed E-state index contributed by atoms with van der Waals surface area (Å²) in [6, 6.07) is 4.15. The van der Waals surface area contributed by atoms with E-state index in [0.29, 0.717) is 12.8 Å². The molecule has 0 saturated heterocycles. The van der Waals surface area contributed by atoms with E-state index >= 15 is 0 Å². The van der Waals surface area contributed by atoms with Crippen LogP contribution in [-0.2, 0) is 17.6 Å². The molecule has 0 saturated carbocycles. The number of aliphatic carboxylic acids is 1. The summed E-state index contributed by atoms with van der Waals surface area (Å²) in [5.41, 5.74) is 9.01. The number of halogens is 3. The number of carboxylic acid groups (broad SMARTS) is 1. The van der Waals surface area contributed by atoms with E-state index in [1.54, 1.807) is 6.07 Å². The van der Waals surface area contributed by atoms with Crippen molar-refractivity contribution >= 4 is 17.7 Å². The summed E-state index contributed by atoms with van der Waals surface area (Å²) in [7, 11) is 0. The third-order valence-electron chi connectivity index (χ3n) is 3.20. The molecule has 0 spiro atoms. The van der Waals surface area contributed by atoms with Gasteiger partial charge in [0.1, 0.15) is 5.75 Å². The molecule has 1 unspecified atom stereocenters. The van der Waals surface area contributed by atoms with Gasteiger partial charge in [0.25, 0.3) is 0 Å². The first kappa shape index (κ1) is 17.3. The van der Waals surface area contributed by atoms with Gasteiger partial charge in [-0.3, -0.25) is 5.84 Å². The van der Waals surface area contributed by atoms with Gasteiger partial charge >= 0.3 is 12.3 Å². The molecule has 0 aromatic heterocycles. The van der Waals surface area contributed by atoms with Crippen LogP contribution >= 0.6 is 11.8 Å². The molecule has 1 aliphatic carbocycles. The Labute approximate surface area is 133 Å². The quantitative estimate of drug-likeness (QED) is 0.362. The number of ether oxygens (including phenoxy) is 1. The Kier molecular flexibility index (Phi) is 4.95. The normalized spacial score (nSPS) is 18.2. The van der Waals surface area contributed by atoms with Crippen molar-refractivity contribution in [3.8, 4) is 5.75 Å². The van der Waals surface area contributed by atoms with Crippen LogP contribution in [0.25, 0.3) is 0 Å². The van der Waals surface area contributed by atoms with E-state index < -0.39 is 12.3 Å². The van der Waals surface area contributed by atoms with E-state index in [-0.39, 0.29) is 21.7 Å². The van der Waals surface area contributed by atoms with E-state index in [1.807, 2.05) is 5.43 Å². The lowest BCUT2D eigenvalue weighted by Crippen LogP contribution is -2.30. The number of carbonyl (C=O) groups is 1. The first-order valence-corrected chi connectivity index (χ1v) is 7.31. The molecular weight excluding hydrogens is 335 g/mol. The highest BCUT2D eigenvalue weighted by Gasteiger charge is 2.32. The predicted molar refractivity (Wildman–Crippen MR) is 78.1 cm³/mol. The molecule has 6 nitrogen and oxygen atoms in total. The SMILES string of the molecule is NN/C(C(=O)O)=C(\N)SC1Cc2ccc(OC(F)(F)F)cc2C1. The minimum atomic E-state index is -4.74. The largest absolute Gasteiger partial charge is 0.573 e. The van der Waals surface area contributed by atoms with Crippen molar-refractivity contribution in [2.75, 3.05) is 0 Å². The number of hydrogen-bond donors (Lipinski definition) is 4. The van der Waals surface area contributed by atoms with Crippen molar-refractivity contribution in [1.29, 1.82) is 0 Å². The fraction of sp³-hybridized carbons (Fsp3) is 0.308. The number of nitrogens with two attached hydrogens (primary N) is 2.